The molecule has 2 rings (SSSR count). The van der Waals surface area contributed by atoms with Crippen molar-refractivity contribution in [3.05, 3.63) is 22.8 Å². The highest BCUT2D eigenvalue weighted by atomic mass is 79.9. The number of nitrogens with one attached hydrogen (secondary N) is 1. The fourth-order valence-electron chi connectivity index (χ4n) is 2.21. The van der Waals surface area contributed by atoms with E-state index < -0.39 is 0 Å². The summed E-state index contributed by atoms with van der Waals surface area (Å²) in [5.74, 6) is 0.617. The van der Waals surface area contributed by atoms with Crippen molar-refractivity contribution in [2.24, 2.45) is 0 Å². The molecule has 98 valence electrons. The average Bonchev–Trinajstić information content (AvgIpc) is 2.35. The maximum absolute atomic E-state index is 11.9. The van der Waals surface area contributed by atoms with Crippen LogP contribution in [0.25, 0.3) is 0 Å². The lowest BCUT2D eigenvalue weighted by atomic mass is 10.0. The van der Waals surface area contributed by atoms with E-state index in [9.17, 15) is 4.79 Å². The quantitative estimate of drug-likeness (QED) is 0.933. The van der Waals surface area contributed by atoms with Gasteiger partial charge in [0, 0.05) is 16.7 Å². The lowest BCUT2D eigenvalue weighted by molar-refractivity contribution is -0.118. The smallest absolute Gasteiger partial charge is 0.239 e. The molecule has 18 heavy (non-hydrogen) atoms. The summed E-state index contributed by atoms with van der Waals surface area (Å²) < 4.78 is 0.908. The number of hydrogen-bond acceptors (Lipinski definition) is 3. The molecule has 1 amide bonds. The molecule has 0 bridgehead atoms. The molecule has 1 atom stereocenters. The van der Waals surface area contributed by atoms with Crippen LogP contribution in [0.2, 0.25) is 0 Å². The van der Waals surface area contributed by atoms with Crippen LogP contribution in [0.1, 0.15) is 26.2 Å². The van der Waals surface area contributed by atoms with Crippen LogP contribution in [0.5, 0.6) is 0 Å². The monoisotopic (exact) mass is 311 g/mol. The number of hydrogen-bond donors (Lipinski definition) is 1. The van der Waals surface area contributed by atoms with Gasteiger partial charge in [0.25, 0.3) is 0 Å². The number of amides is 1. The van der Waals surface area contributed by atoms with Crippen LogP contribution in [0.3, 0.4) is 0 Å². The van der Waals surface area contributed by atoms with Gasteiger partial charge in [0.05, 0.1) is 6.54 Å². The molecule has 0 aliphatic carbocycles. The molecule has 1 fully saturated rings. The Kier molecular flexibility index (Phi) is 4.72. The maximum Gasteiger partial charge on any atom is 0.239 e. The first-order chi connectivity index (χ1) is 8.65. The number of carbonyl (C=O) groups is 1. The van der Waals surface area contributed by atoms with E-state index in [4.69, 9.17) is 0 Å². The molecule has 1 saturated heterocycles. The van der Waals surface area contributed by atoms with Gasteiger partial charge in [-0.05, 0) is 54.4 Å². The number of aromatic nitrogens is 1. The topological polar surface area (TPSA) is 45.2 Å². The summed E-state index contributed by atoms with van der Waals surface area (Å²) in [5.41, 5.74) is 0. The number of nitrogens with zero attached hydrogens (tertiary/aromatic N) is 2. The van der Waals surface area contributed by atoms with Gasteiger partial charge in [0.15, 0.2) is 0 Å². The molecule has 0 radical (unpaired) electrons. The molecule has 1 aliphatic rings. The van der Waals surface area contributed by atoms with Crippen molar-refractivity contribution >= 4 is 27.7 Å². The Balaban J connectivity index is 1.86. The van der Waals surface area contributed by atoms with Crippen LogP contribution >= 0.6 is 15.9 Å². The van der Waals surface area contributed by atoms with E-state index >= 15 is 0 Å². The van der Waals surface area contributed by atoms with E-state index in [-0.39, 0.29) is 5.91 Å². The van der Waals surface area contributed by atoms with Crippen molar-refractivity contribution in [2.75, 3.05) is 18.4 Å². The van der Waals surface area contributed by atoms with Gasteiger partial charge in [0.2, 0.25) is 5.91 Å². The number of rotatable bonds is 3. The van der Waals surface area contributed by atoms with Crippen molar-refractivity contribution in [2.45, 2.75) is 32.2 Å². The van der Waals surface area contributed by atoms with E-state index in [1.807, 2.05) is 6.07 Å². The highest BCUT2D eigenvalue weighted by Crippen LogP contribution is 2.16. The first kappa shape index (κ1) is 13.5. The molecule has 1 aliphatic heterocycles. The molecule has 4 nitrogen and oxygen atoms in total. The number of likely N-dealkylation sites (tertiary alicyclic amines) is 1. The number of halogens is 1. The second kappa shape index (κ2) is 6.29. The number of piperidine rings is 1. The highest BCUT2D eigenvalue weighted by Gasteiger charge is 2.20. The normalized spacial score (nSPS) is 20.7. The van der Waals surface area contributed by atoms with E-state index in [0.29, 0.717) is 18.4 Å². The standard InChI is InChI=1S/C13H18BrN3O/c1-10-4-2-3-7-17(10)9-13(18)16-12-6-5-11(14)8-15-12/h5-6,8,10H,2-4,7,9H2,1H3,(H,15,16,18). The first-order valence-electron chi connectivity index (χ1n) is 6.30. The van der Waals surface area contributed by atoms with E-state index in [1.165, 1.54) is 19.3 Å². The van der Waals surface area contributed by atoms with Crippen molar-refractivity contribution < 1.29 is 4.79 Å². The van der Waals surface area contributed by atoms with Crippen LogP contribution < -0.4 is 5.32 Å². The Morgan fingerprint density at radius 2 is 2.39 bits per heavy atom. The molecule has 1 N–H and O–H groups in total. The van der Waals surface area contributed by atoms with E-state index in [2.05, 4.69) is 38.1 Å². The highest BCUT2D eigenvalue weighted by molar-refractivity contribution is 9.10. The number of pyridine rings is 1. The molecule has 0 aromatic carbocycles. The molecule has 1 unspecified atom stereocenters. The third-order valence-electron chi connectivity index (χ3n) is 3.28. The van der Waals surface area contributed by atoms with Gasteiger partial charge < -0.3 is 5.32 Å². The first-order valence-corrected chi connectivity index (χ1v) is 7.10. The van der Waals surface area contributed by atoms with Crippen molar-refractivity contribution in [1.82, 2.24) is 9.88 Å². The summed E-state index contributed by atoms with van der Waals surface area (Å²) in [6.45, 7) is 3.66. The Morgan fingerprint density at radius 3 is 3.06 bits per heavy atom. The van der Waals surface area contributed by atoms with Gasteiger partial charge in [-0.3, -0.25) is 9.69 Å². The lowest BCUT2D eigenvalue weighted by Gasteiger charge is -2.32. The van der Waals surface area contributed by atoms with Crippen LogP contribution in [-0.4, -0.2) is 34.9 Å². The van der Waals surface area contributed by atoms with Gasteiger partial charge in [0.1, 0.15) is 5.82 Å². The van der Waals surface area contributed by atoms with Gasteiger partial charge in [-0.15, -0.1) is 0 Å². The van der Waals surface area contributed by atoms with E-state index in [0.717, 1.165) is 11.0 Å². The minimum atomic E-state index is 0.0126. The van der Waals surface area contributed by atoms with Gasteiger partial charge in [-0.1, -0.05) is 6.42 Å². The van der Waals surface area contributed by atoms with Crippen molar-refractivity contribution in [3.8, 4) is 0 Å². The third-order valence-corrected chi connectivity index (χ3v) is 3.75. The Morgan fingerprint density at radius 1 is 1.56 bits per heavy atom. The Hall–Kier alpha value is -0.940. The summed E-state index contributed by atoms with van der Waals surface area (Å²) >= 11 is 3.32. The zero-order valence-corrected chi connectivity index (χ0v) is 12.1. The largest absolute Gasteiger partial charge is 0.310 e. The summed E-state index contributed by atoms with van der Waals surface area (Å²) in [5, 5.41) is 2.82. The molecular formula is C13H18BrN3O. The summed E-state index contributed by atoms with van der Waals surface area (Å²) in [7, 11) is 0. The van der Waals surface area contributed by atoms with Gasteiger partial charge >= 0.3 is 0 Å². The van der Waals surface area contributed by atoms with Crippen LogP contribution in [0.15, 0.2) is 22.8 Å². The minimum Gasteiger partial charge on any atom is -0.310 e. The molecule has 5 heteroatoms. The Labute approximate surface area is 116 Å². The molecule has 1 aromatic rings. The lowest BCUT2D eigenvalue weighted by Crippen LogP contribution is -2.42. The maximum atomic E-state index is 11.9. The second-order valence-electron chi connectivity index (χ2n) is 4.73. The summed E-state index contributed by atoms with van der Waals surface area (Å²) in [6, 6.07) is 4.16. The minimum absolute atomic E-state index is 0.0126. The fraction of sp³-hybridized carbons (Fsp3) is 0.538. The average molecular weight is 312 g/mol. The van der Waals surface area contributed by atoms with E-state index in [1.54, 1.807) is 12.3 Å². The zero-order valence-electron chi connectivity index (χ0n) is 10.5. The van der Waals surface area contributed by atoms with Crippen molar-refractivity contribution in [3.63, 3.8) is 0 Å². The summed E-state index contributed by atoms with van der Waals surface area (Å²) in [6.07, 6.45) is 5.32. The van der Waals surface area contributed by atoms with Gasteiger partial charge in [-0.25, -0.2) is 4.98 Å². The van der Waals surface area contributed by atoms with Crippen LogP contribution in [0.4, 0.5) is 5.82 Å². The van der Waals surface area contributed by atoms with Crippen LogP contribution in [-0.2, 0) is 4.79 Å². The summed E-state index contributed by atoms with van der Waals surface area (Å²) in [4.78, 5) is 18.3. The number of carbonyl (C=O) groups excluding carboxylic acids is 1. The molecule has 0 saturated carbocycles. The van der Waals surface area contributed by atoms with Crippen LogP contribution in [0, 0.1) is 0 Å². The molecule has 0 spiro atoms. The number of anilines is 1. The molecular weight excluding hydrogens is 294 g/mol. The predicted octanol–water partition coefficient (Wildman–Crippen LogP) is 2.66. The van der Waals surface area contributed by atoms with Crippen molar-refractivity contribution in [1.29, 1.82) is 0 Å². The Bertz CT molecular complexity index is 407. The molecule has 1 aromatic heterocycles. The molecule has 2 heterocycles. The second-order valence-corrected chi connectivity index (χ2v) is 5.64. The predicted molar refractivity (Wildman–Crippen MR) is 75.5 cm³/mol. The van der Waals surface area contributed by atoms with Gasteiger partial charge in [-0.2, -0.15) is 0 Å². The fourth-order valence-corrected chi connectivity index (χ4v) is 2.44. The SMILES string of the molecule is CC1CCCCN1CC(=O)Nc1ccc(Br)cn1. The zero-order chi connectivity index (χ0) is 13.0. The third kappa shape index (κ3) is 3.78.